The molecule has 3 heteroatoms. The van der Waals surface area contributed by atoms with Crippen molar-refractivity contribution >= 4 is 12.3 Å². The van der Waals surface area contributed by atoms with Gasteiger partial charge in [-0.05, 0) is 19.3 Å². The maximum absolute atomic E-state index is 11.4. The topological polar surface area (TPSA) is 37.4 Å². The van der Waals surface area contributed by atoms with Crippen molar-refractivity contribution in [1.82, 2.24) is 4.90 Å². The van der Waals surface area contributed by atoms with Crippen LogP contribution in [0.2, 0.25) is 0 Å². The lowest BCUT2D eigenvalue weighted by Crippen LogP contribution is -2.29. The van der Waals surface area contributed by atoms with Gasteiger partial charge >= 0.3 is 5.91 Å². The third-order valence-corrected chi connectivity index (χ3v) is 3.37. The van der Waals surface area contributed by atoms with Gasteiger partial charge < -0.3 is 0 Å². The third-order valence-electron chi connectivity index (χ3n) is 3.37. The first kappa shape index (κ1) is 18.7. The molecule has 0 unspecified atom stereocenters. The first-order valence-corrected chi connectivity index (χ1v) is 7.94. The summed E-state index contributed by atoms with van der Waals surface area (Å²) in [6.07, 6.45) is 13.0. The minimum absolute atomic E-state index is 0.390. The fraction of sp³-hybridized carbons (Fsp3) is 0.765. The van der Waals surface area contributed by atoms with Gasteiger partial charge in [0, 0.05) is 6.54 Å². The summed E-state index contributed by atoms with van der Waals surface area (Å²) >= 11 is 0. The van der Waals surface area contributed by atoms with Crippen LogP contribution in [0.1, 0.15) is 78.1 Å². The van der Waals surface area contributed by atoms with Crippen molar-refractivity contribution in [3.8, 4) is 11.8 Å². The van der Waals surface area contributed by atoms with Crippen molar-refractivity contribution in [2.24, 2.45) is 0 Å². The van der Waals surface area contributed by atoms with Gasteiger partial charge in [-0.25, -0.2) is 0 Å². The van der Waals surface area contributed by atoms with Crippen LogP contribution in [0.5, 0.6) is 0 Å². The summed E-state index contributed by atoms with van der Waals surface area (Å²) in [6.45, 7) is 4.33. The number of carbonyl (C=O) groups is 2. The van der Waals surface area contributed by atoms with Crippen LogP contribution in [0, 0.1) is 11.8 Å². The molecule has 0 spiro atoms. The molecule has 2 amide bonds. The predicted octanol–water partition coefficient (Wildman–Crippen LogP) is 3.92. The van der Waals surface area contributed by atoms with Gasteiger partial charge in [-0.15, -0.1) is 0 Å². The number of unbranched alkanes of at least 4 members (excludes halogenated alkanes) is 9. The van der Waals surface area contributed by atoms with Crippen LogP contribution in [0.25, 0.3) is 0 Å². The van der Waals surface area contributed by atoms with E-state index in [4.69, 9.17) is 0 Å². The first-order valence-electron chi connectivity index (χ1n) is 7.94. The zero-order chi connectivity index (χ0) is 15.1. The summed E-state index contributed by atoms with van der Waals surface area (Å²) < 4.78 is 0. The quantitative estimate of drug-likeness (QED) is 0.308. The van der Waals surface area contributed by atoms with E-state index in [1.165, 1.54) is 56.3 Å². The Labute approximate surface area is 124 Å². The van der Waals surface area contributed by atoms with Crippen LogP contribution in [-0.2, 0) is 9.59 Å². The Kier molecular flexibility index (Phi) is 13.2. The second-order valence-corrected chi connectivity index (χ2v) is 5.16. The Balaban J connectivity index is 3.44. The van der Waals surface area contributed by atoms with Crippen molar-refractivity contribution in [2.75, 3.05) is 6.54 Å². The molecule has 0 aromatic carbocycles. The molecule has 0 N–H and O–H groups in total. The van der Waals surface area contributed by atoms with Gasteiger partial charge in [0.15, 0.2) is 0 Å². The van der Waals surface area contributed by atoms with Crippen LogP contribution in [0.3, 0.4) is 0 Å². The van der Waals surface area contributed by atoms with E-state index < -0.39 is 5.91 Å². The van der Waals surface area contributed by atoms with Crippen LogP contribution in [0.15, 0.2) is 0 Å². The van der Waals surface area contributed by atoms with Gasteiger partial charge in [0.1, 0.15) is 0 Å². The molecular formula is C17H29NO2. The Morgan fingerprint density at radius 1 is 0.950 bits per heavy atom. The van der Waals surface area contributed by atoms with E-state index in [2.05, 4.69) is 18.8 Å². The number of hydrogen-bond acceptors (Lipinski definition) is 2. The number of imide groups is 1. The molecule has 0 aliphatic carbocycles. The SMILES string of the molecule is CC#CC(=O)N(C=O)CCCCCCCCCCCC. The number of rotatable bonds is 12. The van der Waals surface area contributed by atoms with E-state index in [-0.39, 0.29) is 0 Å². The van der Waals surface area contributed by atoms with Crippen molar-refractivity contribution in [2.45, 2.75) is 78.1 Å². The Morgan fingerprint density at radius 3 is 1.90 bits per heavy atom. The minimum Gasteiger partial charge on any atom is -0.278 e. The zero-order valence-electron chi connectivity index (χ0n) is 13.1. The van der Waals surface area contributed by atoms with Crippen molar-refractivity contribution < 1.29 is 9.59 Å². The molecule has 0 aromatic rings. The fourth-order valence-corrected chi connectivity index (χ4v) is 2.15. The Morgan fingerprint density at radius 2 is 1.45 bits per heavy atom. The molecule has 20 heavy (non-hydrogen) atoms. The molecule has 0 heterocycles. The second kappa shape index (κ2) is 14.1. The zero-order valence-corrected chi connectivity index (χ0v) is 13.1. The van der Waals surface area contributed by atoms with E-state index in [9.17, 15) is 9.59 Å². The minimum atomic E-state index is -0.390. The molecule has 0 atom stereocenters. The summed E-state index contributed by atoms with van der Waals surface area (Å²) in [6, 6.07) is 0. The van der Waals surface area contributed by atoms with E-state index >= 15 is 0 Å². The molecule has 0 bridgehead atoms. The molecule has 0 aromatic heterocycles. The van der Waals surface area contributed by atoms with Crippen LogP contribution >= 0.6 is 0 Å². The third kappa shape index (κ3) is 10.6. The van der Waals surface area contributed by atoms with E-state index in [0.717, 1.165) is 12.8 Å². The Bertz CT molecular complexity index is 315. The van der Waals surface area contributed by atoms with E-state index in [0.29, 0.717) is 13.0 Å². The van der Waals surface area contributed by atoms with Gasteiger partial charge in [0.05, 0.1) is 0 Å². The summed E-state index contributed by atoms with van der Waals surface area (Å²) in [7, 11) is 0. The molecule has 0 aliphatic heterocycles. The molecule has 0 aliphatic rings. The van der Waals surface area contributed by atoms with Gasteiger partial charge in [-0.3, -0.25) is 14.5 Å². The fourth-order valence-electron chi connectivity index (χ4n) is 2.15. The molecule has 114 valence electrons. The van der Waals surface area contributed by atoms with Crippen molar-refractivity contribution in [3.63, 3.8) is 0 Å². The smallest absolute Gasteiger partial charge is 0.278 e. The number of carbonyl (C=O) groups excluding carboxylic acids is 2. The molecule has 0 radical (unpaired) electrons. The normalized spacial score (nSPS) is 9.70. The van der Waals surface area contributed by atoms with Gasteiger partial charge in [-0.1, -0.05) is 70.6 Å². The molecule has 0 rings (SSSR count). The summed E-state index contributed by atoms with van der Waals surface area (Å²) in [4.78, 5) is 23.3. The summed E-state index contributed by atoms with van der Waals surface area (Å²) in [5.74, 6) is 4.52. The second-order valence-electron chi connectivity index (χ2n) is 5.16. The Hall–Kier alpha value is -1.30. The monoisotopic (exact) mass is 279 g/mol. The molecule has 0 saturated carbocycles. The molecule has 0 fully saturated rings. The maximum Gasteiger partial charge on any atom is 0.304 e. The molecule has 3 nitrogen and oxygen atoms in total. The largest absolute Gasteiger partial charge is 0.304 e. The van der Waals surface area contributed by atoms with E-state index in [1.807, 2.05) is 0 Å². The van der Waals surface area contributed by atoms with Crippen LogP contribution in [-0.4, -0.2) is 23.8 Å². The lowest BCUT2D eigenvalue weighted by Gasteiger charge is -2.11. The van der Waals surface area contributed by atoms with Gasteiger partial charge in [-0.2, -0.15) is 0 Å². The highest BCUT2D eigenvalue weighted by Gasteiger charge is 2.08. The molecule has 0 saturated heterocycles. The lowest BCUT2D eigenvalue weighted by molar-refractivity contribution is -0.133. The van der Waals surface area contributed by atoms with Crippen molar-refractivity contribution in [3.05, 3.63) is 0 Å². The number of amides is 2. The van der Waals surface area contributed by atoms with Crippen LogP contribution < -0.4 is 0 Å². The van der Waals surface area contributed by atoms with Gasteiger partial charge in [0.2, 0.25) is 6.41 Å². The number of hydrogen-bond donors (Lipinski definition) is 0. The lowest BCUT2D eigenvalue weighted by atomic mass is 10.1. The standard InChI is InChI=1S/C17H29NO2/c1-3-5-6-7-8-9-10-11-12-13-15-18(16-19)17(20)14-4-2/h16H,3,5-13,15H2,1-2H3. The highest BCUT2D eigenvalue weighted by molar-refractivity contribution is 5.99. The first-order chi connectivity index (χ1) is 9.76. The predicted molar refractivity (Wildman–Crippen MR) is 83.1 cm³/mol. The summed E-state index contributed by atoms with van der Waals surface area (Å²) in [5.41, 5.74) is 0. The molecular weight excluding hydrogens is 250 g/mol. The highest BCUT2D eigenvalue weighted by Crippen LogP contribution is 2.10. The number of nitrogens with zero attached hydrogens (tertiary/aromatic N) is 1. The van der Waals surface area contributed by atoms with Crippen molar-refractivity contribution in [1.29, 1.82) is 0 Å². The average molecular weight is 279 g/mol. The highest BCUT2D eigenvalue weighted by atomic mass is 16.2. The van der Waals surface area contributed by atoms with E-state index in [1.54, 1.807) is 6.92 Å². The van der Waals surface area contributed by atoms with Crippen LogP contribution in [0.4, 0.5) is 0 Å². The maximum atomic E-state index is 11.4. The average Bonchev–Trinajstić information content (AvgIpc) is 2.45. The summed E-state index contributed by atoms with van der Waals surface area (Å²) in [5, 5.41) is 0. The van der Waals surface area contributed by atoms with Gasteiger partial charge in [0.25, 0.3) is 0 Å².